The summed E-state index contributed by atoms with van der Waals surface area (Å²) in [6.07, 6.45) is 0. The van der Waals surface area contributed by atoms with Crippen molar-refractivity contribution in [3.8, 4) is 0 Å². The van der Waals surface area contributed by atoms with Crippen molar-refractivity contribution in [2.24, 2.45) is 0 Å². The van der Waals surface area contributed by atoms with Gasteiger partial charge in [0.15, 0.2) is 0 Å². The molecule has 0 amide bonds. The van der Waals surface area contributed by atoms with E-state index in [0.29, 0.717) is 12.5 Å². The Morgan fingerprint density at radius 1 is 1.50 bits per heavy atom. The maximum Gasteiger partial charge on any atom is 0.319 e. The average Bonchev–Trinajstić information content (AvgIpc) is 2.05. The molecule has 0 saturated heterocycles. The Kier molecular flexibility index (Phi) is 7.23. The lowest BCUT2D eigenvalue weighted by atomic mass is 10.6. The number of hydrogen-bond acceptors (Lipinski definition) is 5. The predicted octanol–water partition coefficient (Wildman–Crippen LogP) is 0.386. The SMILES string of the molecule is COCSCN(C)CC(=O)OC. The van der Waals surface area contributed by atoms with Crippen molar-refractivity contribution in [2.75, 3.05) is 39.6 Å². The van der Waals surface area contributed by atoms with Crippen LogP contribution in [-0.2, 0) is 14.3 Å². The summed E-state index contributed by atoms with van der Waals surface area (Å²) >= 11 is 1.61. The number of methoxy groups -OCH3 is 2. The number of likely N-dealkylation sites (N-methyl/N-ethyl adjacent to an activating group) is 1. The van der Waals surface area contributed by atoms with Crippen LogP contribution in [0.5, 0.6) is 0 Å². The van der Waals surface area contributed by atoms with E-state index in [1.807, 2.05) is 11.9 Å². The molecule has 0 aromatic carbocycles. The lowest BCUT2D eigenvalue weighted by Gasteiger charge is -2.13. The van der Waals surface area contributed by atoms with Gasteiger partial charge in [-0.2, -0.15) is 0 Å². The standard InChI is InChI=1S/C7H15NO3S/c1-8(4-7(9)11-3)5-12-6-10-2/h4-6H2,1-3H3. The molecule has 0 radical (unpaired) electrons. The number of rotatable bonds is 6. The molecule has 0 rings (SSSR count). The minimum absolute atomic E-state index is 0.212. The Morgan fingerprint density at radius 3 is 2.67 bits per heavy atom. The van der Waals surface area contributed by atoms with Crippen LogP contribution in [0.4, 0.5) is 0 Å². The second kappa shape index (κ2) is 7.39. The molecule has 0 aliphatic rings. The second-order valence-electron chi connectivity index (χ2n) is 2.33. The normalized spacial score (nSPS) is 10.3. The van der Waals surface area contributed by atoms with Gasteiger partial charge >= 0.3 is 5.97 Å². The quantitative estimate of drug-likeness (QED) is 0.346. The third kappa shape index (κ3) is 6.45. The van der Waals surface area contributed by atoms with Crippen LogP contribution in [0, 0.1) is 0 Å². The Hall–Kier alpha value is -0.260. The fraction of sp³-hybridized carbons (Fsp3) is 0.857. The molecule has 0 heterocycles. The first-order chi connectivity index (χ1) is 5.70. The number of carbonyl (C=O) groups excluding carboxylic acids is 1. The highest BCUT2D eigenvalue weighted by Crippen LogP contribution is 2.01. The van der Waals surface area contributed by atoms with Gasteiger partial charge in [-0.25, -0.2) is 0 Å². The van der Waals surface area contributed by atoms with Gasteiger partial charge in [-0.1, -0.05) is 0 Å². The van der Waals surface area contributed by atoms with Gasteiger partial charge in [0.05, 0.1) is 19.6 Å². The molecule has 0 aliphatic heterocycles. The first-order valence-corrected chi connectivity index (χ1v) is 4.68. The monoisotopic (exact) mass is 193 g/mol. The zero-order valence-electron chi connectivity index (χ0n) is 7.70. The summed E-state index contributed by atoms with van der Waals surface area (Å²) in [6.45, 7) is 0.327. The van der Waals surface area contributed by atoms with Crippen LogP contribution in [0.1, 0.15) is 0 Å². The van der Waals surface area contributed by atoms with Crippen molar-refractivity contribution in [3.63, 3.8) is 0 Å². The Labute approximate surface area is 77.2 Å². The molecule has 0 aliphatic carbocycles. The summed E-state index contributed by atoms with van der Waals surface area (Å²) in [6, 6.07) is 0. The van der Waals surface area contributed by atoms with E-state index in [0.717, 1.165) is 5.88 Å². The third-order valence-corrected chi connectivity index (χ3v) is 2.17. The van der Waals surface area contributed by atoms with Gasteiger partial charge in [-0.3, -0.25) is 9.69 Å². The molecule has 12 heavy (non-hydrogen) atoms. The van der Waals surface area contributed by atoms with E-state index in [1.165, 1.54) is 7.11 Å². The topological polar surface area (TPSA) is 38.8 Å². The number of esters is 1. The van der Waals surface area contributed by atoms with E-state index < -0.39 is 0 Å². The van der Waals surface area contributed by atoms with Crippen LogP contribution in [0.3, 0.4) is 0 Å². The van der Waals surface area contributed by atoms with E-state index in [1.54, 1.807) is 18.9 Å². The largest absolute Gasteiger partial charge is 0.468 e. The highest BCUT2D eigenvalue weighted by atomic mass is 32.2. The van der Waals surface area contributed by atoms with Gasteiger partial charge in [0.2, 0.25) is 0 Å². The van der Waals surface area contributed by atoms with E-state index in [-0.39, 0.29) is 5.97 Å². The van der Waals surface area contributed by atoms with Crippen molar-refractivity contribution < 1.29 is 14.3 Å². The lowest BCUT2D eigenvalue weighted by molar-refractivity contribution is -0.141. The van der Waals surface area contributed by atoms with Crippen molar-refractivity contribution in [2.45, 2.75) is 0 Å². The highest BCUT2D eigenvalue weighted by Gasteiger charge is 2.04. The van der Waals surface area contributed by atoms with E-state index in [9.17, 15) is 4.79 Å². The molecule has 0 N–H and O–H groups in total. The first-order valence-electron chi connectivity index (χ1n) is 3.52. The number of carbonyl (C=O) groups is 1. The maximum absolute atomic E-state index is 10.8. The number of nitrogens with zero attached hydrogens (tertiary/aromatic N) is 1. The van der Waals surface area contributed by atoms with Crippen LogP contribution in [0.25, 0.3) is 0 Å². The molecule has 0 spiro atoms. The van der Waals surface area contributed by atoms with Crippen LogP contribution in [0.15, 0.2) is 0 Å². The molecule has 4 nitrogen and oxygen atoms in total. The van der Waals surface area contributed by atoms with Crippen molar-refractivity contribution in [1.82, 2.24) is 4.90 Å². The van der Waals surface area contributed by atoms with E-state index in [2.05, 4.69) is 4.74 Å². The summed E-state index contributed by atoms with van der Waals surface area (Å²) in [5.74, 6) is 1.20. The van der Waals surface area contributed by atoms with Gasteiger partial charge in [0.1, 0.15) is 0 Å². The number of thioether (sulfide) groups is 1. The summed E-state index contributed by atoms with van der Waals surface area (Å²) in [4.78, 5) is 12.6. The molecule has 0 fully saturated rings. The Morgan fingerprint density at radius 2 is 2.17 bits per heavy atom. The molecule has 0 bridgehead atoms. The molecule has 0 saturated carbocycles. The summed E-state index contributed by atoms with van der Waals surface area (Å²) in [5, 5.41) is 0. The zero-order valence-corrected chi connectivity index (χ0v) is 8.52. The molecule has 5 heteroatoms. The van der Waals surface area contributed by atoms with Gasteiger partial charge in [0.25, 0.3) is 0 Å². The zero-order chi connectivity index (χ0) is 9.40. The van der Waals surface area contributed by atoms with Gasteiger partial charge in [-0.15, -0.1) is 11.8 Å². The molecule has 72 valence electrons. The van der Waals surface area contributed by atoms with Crippen molar-refractivity contribution in [3.05, 3.63) is 0 Å². The van der Waals surface area contributed by atoms with Crippen molar-refractivity contribution >= 4 is 17.7 Å². The molecule has 0 atom stereocenters. The van der Waals surface area contributed by atoms with Crippen LogP contribution < -0.4 is 0 Å². The molecular formula is C7H15NO3S. The lowest BCUT2D eigenvalue weighted by Crippen LogP contribution is -2.26. The molecule has 0 unspecified atom stereocenters. The van der Waals surface area contributed by atoms with Gasteiger partial charge < -0.3 is 9.47 Å². The Bertz CT molecular complexity index is 132. The number of hydrogen-bond donors (Lipinski definition) is 0. The van der Waals surface area contributed by atoms with Gasteiger partial charge in [0, 0.05) is 13.0 Å². The maximum atomic E-state index is 10.8. The summed E-state index contributed by atoms with van der Waals surface area (Å²) < 4.78 is 9.35. The second-order valence-corrected chi connectivity index (χ2v) is 3.23. The third-order valence-electron chi connectivity index (χ3n) is 1.14. The summed E-state index contributed by atoms with van der Waals surface area (Å²) in [5.41, 5.74) is 0. The molecule has 0 aromatic heterocycles. The number of ether oxygens (including phenoxy) is 2. The smallest absolute Gasteiger partial charge is 0.319 e. The first kappa shape index (κ1) is 11.7. The minimum Gasteiger partial charge on any atom is -0.468 e. The average molecular weight is 193 g/mol. The fourth-order valence-electron chi connectivity index (χ4n) is 0.607. The minimum atomic E-state index is -0.212. The molecule has 0 aromatic rings. The highest BCUT2D eigenvalue weighted by molar-refractivity contribution is 7.99. The van der Waals surface area contributed by atoms with Crippen LogP contribution in [0.2, 0.25) is 0 Å². The Balaban J connectivity index is 3.32. The van der Waals surface area contributed by atoms with Crippen LogP contribution >= 0.6 is 11.8 Å². The predicted molar refractivity (Wildman–Crippen MR) is 49.0 cm³/mol. The fourth-order valence-corrected chi connectivity index (χ4v) is 1.25. The van der Waals surface area contributed by atoms with E-state index in [4.69, 9.17) is 4.74 Å². The van der Waals surface area contributed by atoms with E-state index >= 15 is 0 Å². The molecular weight excluding hydrogens is 178 g/mol. The van der Waals surface area contributed by atoms with Crippen molar-refractivity contribution in [1.29, 1.82) is 0 Å². The van der Waals surface area contributed by atoms with Gasteiger partial charge in [-0.05, 0) is 7.05 Å². The summed E-state index contributed by atoms with van der Waals surface area (Å²) in [7, 11) is 4.89. The van der Waals surface area contributed by atoms with Crippen LogP contribution in [-0.4, -0.2) is 50.5 Å².